The number of aromatic nitrogens is 4. The summed E-state index contributed by atoms with van der Waals surface area (Å²) < 4.78 is 1.82. The van der Waals surface area contributed by atoms with Crippen molar-refractivity contribution in [3.05, 3.63) is 78.2 Å². The smallest absolute Gasteiger partial charge is 0.304 e. The van der Waals surface area contributed by atoms with E-state index in [-0.39, 0.29) is 6.03 Å². The minimum atomic E-state index is -0.350. The number of para-hydroxylation sites is 1. The van der Waals surface area contributed by atoms with Gasteiger partial charge in [-0.25, -0.2) is 9.48 Å². The van der Waals surface area contributed by atoms with Crippen LogP contribution in [0, 0.1) is 13.8 Å². The molecule has 0 aliphatic rings. The first-order chi connectivity index (χ1) is 13.6. The molecule has 0 aliphatic carbocycles. The molecule has 0 atom stereocenters. The van der Waals surface area contributed by atoms with Gasteiger partial charge >= 0.3 is 6.03 Å². The molecular formula is C21H20N6O. The van der Waals surface area contributed by atoms with E-state index in [9.17, 15) is 4.79 Å². The predicted molar refractivity (Wildman–Crippen MR) is 110 cm³/mol. The molecule has 4 rings (SSSR count). The summed E-state index contributed by atoms with van der Waals surface area (Å²) in [4.78, 5) is 12.6. The van der Waals surface area contributed by atoms with Crippen molar-refractivity contribution in [2.75, 3.05) is 10.6 Å². The predicted octanol–water partition coefficient (Wildman–Crippen LogP) is 4.52. The molecule has 4 aromatic rings. The summed E-state index contributed by atoms with van der Waals surface area (Å²) in [5.41, 5.74) is 5.53. The van der Waals surface area contributed by atoms with Crippen LogP contribution in [0.2, 0.25) is 0 Å². The molecule has 0 saturated carbocycles. The molecule has 7 nitrogen and oxygen atoms in total. The third kappa shape index (κ3) is 3.37. The van der Waals surface area contributed by atoms with Crippen molar-refractivity contribution in [1.82, 2.24) is 20.0 Å². The second-order valence-corrected chi connectivity index (χ2v) is 6.40. The number of aromatic amines is 1. The number of nitrogens with one attached hydrogen (secondary N) is 3. The van der Waals surface area contributed by atoms with Crippen LogP contribution in [0.5, 0.6) is 0 Å². The Morgan fingerprint density at radius 3 is 2.36 bits per heavy atom. The average molecular weight is 372 g/mol. The minimum Gasteiger partial charge on any atom is -0.304 e. The van der Waals surface area contributed by atoms with Crippen LogP contribution in [-0.4, -0.2) is 26.0 Å². The number of benzene rings is 2. The van der Waals surface area contributed by atoms with E-state index in [1.165, 1.54) is 0 Å². The first-order valence-corrected chi connectivity index (χ1v) is 8.92. The van der Waals surface area contributed by atoms with Crippen LogP contribution >= 0.6 is 0 Å². The number of anilines is 2. The van der Waals surface area contributed by atoms with Gasteiger partial charge in [-0.05, 0) is 26.0 Å². The lowest BCUT2D eigenvalue weighted by Crippen LogP contribution is -2.20. The van der Waals surface area contributed by atoms with Crippen LogP contribution in [0.15, 0.2) is 66.9 Å². The largest absolute Gasteiger partial charge is 0.323 e. The molecule has 28 heavy (non-hydrogen) atoms. The Hall–Kier alpha value is -3.87. The lowest BCUT2D eigenvalue weighted by Gasteiger charge is -2.09. The summed E-state index contributed by atoms with van der Waals surface area (Å²) >= 11 is 0. The number of nitrogens with zero attached hydrogens (tertiary/aromatic N) is 3. The van der Waals surface area contributed by atoms with E-state index in [0.717, 1.165) is 28.3 Å². The van der Waals surface area contributed by atoms with Crippen molar-refractivity contribution in [3.8, 4) is 16.9 Å². The van der Waals surface area contributed by atoms with Gasteiger partial charge in [0, 0.05) is 5.56 Å². The van der Waals surface area contributed by atoms with Gasteiger partial charge in [0.25, 0.3) is 0 Å². The Bertz CT molecular complexity index is 1100. The first-order valence-electron chi connectivity index (χ1n) is 8.92. The Morgan fingerprint density at radius 2 is 1.64 bits per heavy atom. The molecular weight excluding hydrogens is 352 g/mol. The van der Waals surface area contributed by atoms with E-state index in [4.69, 9.17) is 0 Å². The fraction of sp³-hybridized carbons (Fsp3) is 0.0952. The maximum atomic E-state index is 12.6. The van der Waals surface area contributed by atoms with Crippen LogP contribution in [0.3, 0.4) is 0 Å². The van der Waals surface area contributed by atoms with Gasteiger partial charge in [-0.15, -0.1) is 0 Å². The number of H-pyrrole nitrogens is 1. The van der Waals surface area contributed by atoms with Crippen molar-refractivity contribution < 1.29 is 4.79 Å². The molecule has 2 heterocycles. The summed E-state index contributed by atoms with van der Waals surface area (Å²) in [6, 6.07) is 19.2. The van der Waals surface area contributed by atoms with Crippen LogP contribution in [0.1, 0.15) is 11.4 Å². The van der Waals surface area contributed by atoms with Crippen molar-refractivity contribution in [3.63, 3.8) is 0 Å². The number of carbonyl (C=O) groups excluding carboxylic acids is 1. The highest BCUT2D eigenvalue weighted by atomic mass is 16.2. The zero-order valence-electron chi connectivity index (χ0n) is 15.6. The fourth-order valence-electron chi connectivity index (χ4n) is 3.12. The zero-order valence-corrected chi connectivity index (χ0v) is 15.6. The standard InChI is InChI=1S/C21H20N6O/c1-14-19(15(2)27(26-14)17-11-7-4-8-12-17)24-21(28)23-18-13-22-25-20(18)16-9-5-3-6-10-16/h3-13H,1-2H3,(H,22,25)(H2,23,24,28). The van der Waals surface area contributed by atoms with Gasteiger partial charge in [0.15, 0.2) is 0 Å². The number of hydrogen-bond donors (Lipinski definition) is 3. The van der Waals surface area contributed by atoms with Crippen molar-refractivity contribution >= 4 is 17.4 Å². The molecule has 0 radical (unpaired) electrons. The normalized spacial score (nSPS) is 10.6. The summed E-state index contributed by atoms with van der Waals surface area (Å²) in [6.45, 7) is 3.80. The molecule has 0 aliphatic heterocycles. The monoisotopic (exact) mass is 372 g/mol. The molecule has 0 bridgehead atoms. The van der Waals surface area contributed by atoms with Gasteiger partial charge in [-0.3, -0.25) is 5.10 Å². The summed E-state index contributed by atoms with van der Waals surface area (Å²) in [5.74, 6) is 0. The van der Waals surface area contributed by atoms with Gasteiger partial charge in [-0.2, -0.15) is 10.2 Å². The van der Waals surface area contributed by atoms with Crippen molar-refractivity contribution in [1.29, 1.82) is 0 Å². The van der Waals surface area contributed by atoms with E-state index >= 15 is 0 Å². The fourth-order valence-corrected chi connectivity index (χ4v) is 3.12. The molecule has 0 fully saturated rings. The molecule has 0 unspecified atom stereocenters. The number of rotatable bonds is 4. The lowest BCUT2D eigenvalue weighted by molar-refractivity contribution is 0.262. The maximum Gasteiger partial charge on any atom is 0.323 e. The molecule has 7 heteroatoms. The highest BCUT2D eigenvalue weighted by Gasteiger charge is 2.16. The molecule has 3 N–H and O–H groups in total. The van der Waals surface area contributed by atoms with E-state index in [1.54, 1.807) is 6.20 Å². The molecule has 2 aromatic heterocycles. The van der Waals surface area contributed by atoms with Gasteiger partial charge in [0.2, 0.25) is 0 Å². The van der Waals surface area contributed by atoms with E-state index < -0.39 is 0 Å². The van der Waals surface area contributed by atoms with Gasteiger partial charge in [0.05, 0.1) is 40.3 Å². The topological polar surface area (TPSA) is 87.6 Å². The van der Waals surface area contributed by atoms with Crippen LogP contribution in [0.4, 0.5) is 16.2 Å². The van der Waals surface area contributed by atoms with E-state index in [0.29, 0.717) is 11.4 Å². The SMILES string of the molecule is Cc1nn(-c2ccccc2)c(C)c1NC(=O)Nc1cn[nH]c1-c1ccccc1. The number of urea groups is 1. The van der Waals surface area contributed by atoms with E-state index in [2.05, 4.69) is 25.9 Å². The third-order valence-electron chi connectivity index (χ3n) is 4.48. The van der Waals surface area contributed by atoms with Gasteiger partial charge in [-0.1, -0.05) is 48.5 Å². The molecule has 0 spiro atoms. The van der Waals surface area contributed by atoms with E-state index in [1.807, 2.05) is 79.2 Å². The Kier molecular flexibility index (Phi) is 4.63. The number of carbonyl (C=O) groups is 1. The highest BCUT2D eigenvalue weighted by Crippen LogP contribution is 2.26. The molecule has 140 valence electrons. The summed E-state index contributed by atoms with van der Waals surface area (Å²) in [7, 11) is 0. The number of hydrogen-bond acceptors (Lipinski definition) is 3. The lowest BCUT2D eigenvalue weighted by atomic mass is 10.1. The summed E-state index contributed by atoms with van der Waals surface area (Å²) in [5, 5.41) is 17.3. The second kappa shape index (κ2) is 7.40. The van der Waals surface area contributed by atoms with Crippen molar-refractivity contribution in [2.24, 2.45) is 0 Å². The Balaban J connectivity index is 1.55. The zero-order chi connectivity index (χ0) is 19.5. The van der Waals surface area contributed by atoms with Gasteiger partial charge < -0.3 is 10.6 Å². The van der Waals surface area contributed by atoms with Crippen LogP contribution < -0.4 is 10.6 Å². The average Bonchev–Trinajstić information content (AvgIpc) is 3.29. The third-order valence-corrected chi connectivity index (χ3v) is 4.48. The highest BCUT2D eigenvalue weighted by molar-refractivity contribution is 6.02. The summed E-state index contributed by atoms with van der Waals surface area (Å²) in [6.07, 6.45) is 1.59. The van der Waals surface area contributed by atoms with Crippen LogP contribution in [-0.2, 0) is 0 Å². The quantitative estimate of drug-likeness (QED) is 0.492. The molecule has 2 amide bonds. The second-order valence-electron chi connectivity index (χ2n) is 6.40. The Labute approximate surface area is 162 Å². The first kappa shape index (κ1) is 17.5. The number of amides is 2. The molecule has 2 aromatic carbocycles. The van der Waals surface area contributed by atoms with Crippen molar-refractivity contribution in [2.45, 2.75) is 13.8 Å². The van der Waals surface area contributed by atoms with Gasteiger partial charge in [0.1, 0.15) is 0 Å². The van der Waals surface area contributed by atoms with Crippen LogP contribution in [0.25, 0.3) is 16.9 Å². The number of aryl methyl sites for hydroxylation is 1. The Morgan fingerprint density at radius 1 is 0.964 bits per heavy atom. The molecule has 0 saturated heterocycles. The maximum absolute atomic E-state index is 12.6. The minimum absolute atomic E-state index is 0.350.